The van der Waals surface area contributed by atoms with E-state index in [2.05, 4.69) is 164 Å². The predicted molar refractivity (Wildman–Crippen MR) is 190 cm³/mol. The van der Waals surface area contributed by atoms with Crippen LogP contribution in [0.25, 0.3) is 55.0 Å². The van der Waals surface area contributed by atoms with Crippen molar-refractivity contribution in [3.05, 3.63) is 157 Å². The second kappa shape index (κ2) is 8.94. The average Bonchev–Trinajstić information content (AvgIpc) is 3.52. The van der Waals surface area contributed by atoms with Crippen LogP contribution < -0.4 is 4.48 Å². The molecule has 0 saturated heterocycles. The number of likely N-dealkylation sites (N-methyl/N-ethyl adjacent to an activating group) is 1. The van der Waals surface area contributed by atoms with Gasteiger partial charge in [0, 0.05) is 56.4 Å². The van der Waals surface area contributed by atoms with Gasteiger partial charge in [0.15, 0.2) is 5.69 Å². The second-order valence-corrected chi connectivity index (χ2v) is 13.2. The maximum atomic E-state index is 2.57. The van der Waals surface area contributed by atoms with Crippen LogP contribution in [0.1, 0.15) is 24.0 Å². The van der Waals surface area contributed by atoms with Crippen LogP contribution in [-0.2, 0) is 0 Å². The minimum Gasteiger partial charge on any atom is -0.309 e. The van der Waals surface area contributed by atoms with Gasteiger partial charge in [-0.2, -0.15) is 0 Å². The van der Waals surface area contributed by atoms with Gasteiger partial charge in [0.1, 0.15) is 11.7 Å². The molecular weight excluding hydrogens is 544 g/mol. The lowest BCUT2D eigenvalue weighted by molar-refractivity contribution is 0.285. The summed E-state index contributed by atoms with van der Waals surface area (Å²) in [5.41, 5.74) is 13.5. The van der Waals surface area contributed by atoms with Gasteiger partial charge in [-0.15, -0.1) is 0 Å². The summed E-state index contributed by atoms with van der Waals surface area (Å²) in [6.07, 6.45) is 7.25. The third kappa shape index (κ3) is 3.12. The zero-order valence-corrected chi connectivity index (χ0v) is 25.5. The monoisotopic (exact) mass is 577 g/mol. The summed E-state index contributed by atoms with van der Waals surface area (Å²) in [6, 6.07) is 47.6. The van der Waals surface area contributed by atoms with Crippen molar-refractivity contribution in [2.24, 2.45) is 5.92 Å². The van der Waals surface area contributed by atoms with Gasteiger partial charge < -0.3 is 4.57 Å². The number of hydrogen-bond acceptors (Lipinski definition) is 0. The van der Waals surface area contributed by atoms with Crippen molar-refractivity contribution in [2.75, 3.05) is 7.05 Å². The molecule has 0 saturated carbocycles. The van der Waals surface area contributed by atoms with E-state index in [4.69, 9.17) is 0 Å². The van der Waals surface area contributed by atoms with Crippen LogP contribution in [0, 0.1) is 5.92 Å². The highest BCUT2D eigenvalue weighted by atomic mass is 15.4. The van der Waals surface area contributed by atoms with Gasteiger partial charge in [0.05, 0.1) is 18.1 Å². The molecule has 3 aliphatic rings. The first-order valence-corrected chi connectivity index (χ1v) is 16.1. The minimum atomic E-state index is 0.290. The first-order chi connectivity index (χ1) is 22.2. The van der Waals surface area contributed by atoms with E-state index in [1.807, 2.05) is 0 Å². The van der Waals surface area contributed by atoms with Crippen LogP contribution in [0.4, 0.5) is 11.4 Å². The lowest BCUT2D eigenvalue weighted by Crippen LogP contribution is -2.54. The topological polar surface area (TPSA) is 4.93 Å². The van der Waals surface area contributed by atoms with Gasteiger partial charge in [-0.1, -0.05) is 116 Å². The smallest absolute Gasteiger partial charge is 0.152 e. The van der Waals surface area contributed by atoms with Crippen LogP contribution >= 0.6 is 0 Å². The molecule has 10 rings (SSSR count). The summed E-state index contributed by atoms with van der Waals surface area (Å²) in [4.78, 5) is 0. The van der Waals surface area contributed by atoms with Gasteiger partial charge in [-0.05, 0) is 46.8 Å². The number of aromatic nitrogens is 1. The quantitative estimate of drug-likeness (QED) is 0.180. The molecule has 0 fully saturated rings. The van der Waals surface area contributed by atoms with Crippen molar-refractivity contribution in [1.29, 1.82) is 0 Å². The average molecular weight is 578 g/mol. The number of rotatable bonds is 2. The fourth-order valence-electron chi connectivity index (χ4n) is 9.37. The van der Waals surface area contributed by atoms with Crippen molar-refractivity contribution >= 4 is 49.5 Å². The molecule has 0 amide bonds. The maximum Gasteiger partial charge on any atom is 0.152 e. The van der Waals surface area contributed by atoms with Crippen LogP contribution in [0.5, 0.6) is 0 Å². The van der Waals surface area contributed by atoms with E-state index in [1.54, 1.807) is 0 Å². The molecule has 2 aliphatic heterocycles. The number of fused-ring (bicyclic) bond motifs is 14. The highest BCUT2D eigenvalue weighted by Crippen LogP contribution is 2.63. The standard InChI is InChI=1S/C43H33N2/c1-27-31-19-12-20-34-32-15-9-11-22-38(32)45(2,42(27)34)43-35-17-7-6-16-33(35)39-36-18-8-10-21-37(36)44(41(39)40(31)43)30-25-23-29(24-26-30)28-13-4-3-5-14-28/h3-27,31,42H,1-2H3/q+1. The molecule has 214 valence electrons. The molecule has 0 spiro atoms. The Hall–Kier alpha value is -5.18. The molecule has 2 heteroatoms. The minimum absolute atomic E-state index is 0.290. The SMILES string of the molecule is CC1C2C=CC=C3c4ccccc4[N+](C)(c4c2c2c(c5ccccc45)c4ccccc4n2-c2ccc(-c4ccccc4)cc2)C31. The third-order valence-corrected chi connectivity index (χ3v) is 11.1. The molecule has 4 unspecified atom stereocenters. The number of hydrogen-bond donors (Lipinski definition) is 0. The van der Waals surface area contributed by atoms with E-state index in [0.29, 0.717) is 12.0 Å². The zero-order valence-electron chi connectivity index (χ0n) is 25.5. The summed E-state index contributed by atoms with van der Waals surface area (Å²) >= 11 is 0. The Balaban J connectivity index is 1.39. The lowest BCUT2D eigenvalue weighted by atomic mass is 9.73. The number of para-hydroxylation sites is 2. The molecule has 45 heavy (non-hydrogen) atoms. The molecule has 1 aromatic heterocycles. The Labute approximate surface area is 263 Å². The van der Waals surface area contributed by atoms with Crippen molar-refractivity contribution < 1.29 is 0 Å². The zero-order chi connectivity index (χ0) is 29.9. The van der Waals surface area contributed by atoms with Gasteiger partial charge in [-0.3, -0.25) is 4.48 Å². The van der Waals surface area contributed by atoms with Crippen LogP contribution in [0.3, 0.4) is 0 Å². The van der Waals surface area contributed by atoms with Crippen molar-refractivity contribution in [3.8, 4) is 16.8 Å². The Bertz CT molecular complexity index is 2410. The summed E-state index contributed by atoms with van der Waals surface area (Å²) in [7, 11) is 2.49. The number of benzene rings is 6. The Morgan fingerprint density at radius 1 is 0.644 bits per heavy atom. The number of quaternary nitrogens is 1. The fraction of sp³-hybridized carbons (Fsp3) is 0.116. The summed E-state index contributed by atoms with van der Waals surface area (Å²) < 4.78 is 3.38. The van der Waals surface area contributed by atoms with E-state index in [0.717, 1.165) is 4.48 Å². The van der Waals surface area contributed by atoms with Crippen LogP contribution in [0.15, 0.2) is 146 Å². The lowest BCUT2D eigenvalue weighted by Gasteiger charge is -2.47. The molecule has 0 radical (unpaired) electrons. The highest BCUT2D eigenvalue weighted by Gasteiger charge is 2.58. The first kappa shape index (κ1) is 25.2. The van der Waals surface area contributed by atoms with Crippen molar-refractivity contribution in [2.45, 2.75) is 18.9 Å². The third-order valence-electron chi connectivity index (χ3n) is 11.1. The number of allylic oxidation sites excluding steroid dienone is 3. The molecule has 3 heterocycles. The second-order valence-electron chi connectivity index (χ2n) is 13.2. The fourth-order valence-corrected chi connectivity index (χ4v) is 9.37. The van der Waals surface area contributed by atoms with Gasteiger partial charge >= 0.3 is 0 Å². The molecule has 1 aliphatic carbocycles. The first-order valence-electron chi connectivity index (χ1n) is 16.1. The van der Waals surface area contributed by atoms with Gasteiger partial charge in [0.25, 0.3) is 0 Å². The van der Waals surface area contributed by atoms with E-state index in [9.17, 15) is 0 Å². The molecule has 7 aromatic rings. The largest absolute Gasteiger partial charge is 0.309 e. The Morgan fingerprint density at radius 3 is 2.13 bits per heavy atom. The van der Waals surface area contributed by atoms with E-state index in [1.165, 1.54) is 77.5 Å². The normalized spacial score (nSPS) is 22.8. The van der Waals surface area contributed by atoms with E-state index in [-0.39, 0.29) is 5.92 Å². The molecule has 2 nitrogen and oxygen atoms in total. The van der Waals surface area contributed by atoms with Gasteiger partial charge in [-0.25, -0.2) is 0 Å². The van der Waals surface area contributed by atoms with Crippen LogP contribution in [0.2, 0.25) is 0 Å². The van der Waals surface area contributed by atoms with E-state index >= 15 is 0 Å². The highest BCUT2D eigenvalue weighted by molar-refractivity contribution is 6.26. The summed E-state index contributed by atoms with van der Waals surface area (Å²) in [5.74, 6) is 0.717. The summed E-state index contributed by atoms with van der Waals surface area (Å²) in [6.45, 7) is 2.49. The molecule has 0 N–H and O–H groups in total. The Morgan fingerprint density at radius 2 is 1.31 bits per heavy atom. The van der Waals surface area contributed by atoms with Crippen molar-refractivity contribution in [3.63, 3.8) is 0 Å². The van der Waals surface area contributed by atoms with Crippen molar-refractivity contribution in [1.82, 2.24) is 9.05 Å². The molecule has 4 atom stereocenters. The Kier molecular flexibility index (Phi) is 5.00. The predicted octanol–water partition coefficient (Wildman–Crippen LogP) is 10.9. The number of nitrogens with zero attached hydrogens (tertiary/aromatic N) is 2. The maximum absolute atomic E-state index is 2.57. The molecule has 2 bridgehead atoms. The van der Waals surface area contributed by atoms with Gasteiger partial charge in [0.2, 0.25) is 0 Å². The molecular formula is C43H33N2+. The van der Waals surface area contributed by atoms with Crippen LogP contribution in [-0.4, -0.2) is 17.7 Å². The molecule has 6 aromatic carbocycles. The summed E-state index contributed by atoms with van der Waals surface area (Å²) in [5, 5.41) is 5.39. The van der Waals surface area contributed by atoms with E-state index < -0.39 is 0 Å².